The Morgan fingerprint density at radius 2 is 1.59 bits per heavy atom. The highest BCUT2D eigenvalue weighted by atomic mass is 19.3. The van der Waals surface area contributed by atoms with E-state index in [-0.39, 0.29) is 11.3 Å². The number of rotatable bonds is 5. The second-order valence-corrected chi connectivity index (χ2v) is 5.98. The van der Waals surface area contributed by atoms with Crippen molar-refractivity contribution in [1.82, 2.24) is 4.90 Å². The molecule has 0 atom stereocenters. The second-order valence-electron chi connectivity index (χ2n) is 5.98. The van der Waals surface area contributed by atoms with Crippen molar-refractivity contribution in [3.05, 3.63) is 89.7 Å². The van der Waals surface area contributed by atoms with Crippen LogP contribution in [0.1, 0.15) is 25.0 Å². The van der Waals surface area contributed by atoms with Gasteiger partial charge >= 0.3 is 0 Å². The van der Waals surface area contributed by atoms with E-state index in [2.05, 4.69) is 6.58 Å². The maximum Gasteiger partial charge on any atom is 0.272 e. The summed E-state index contributed by atoms with van der Waals surface area (Å²) in [6.45, 7) is 6.94. The molecule has 1 heterocycles. The fourth-order valence-corrected chi connectivity index (χ4v) is 2.87. The predicted molar refractivity (Wildman–Crippen MR) is 109 cm³/mol. The van der Waals surface area contributed by atoms with Gasteiger partial charge in [0.15, 0.2) is 0 Å². The van der Waals surface area contributed by atoms with Gasteiger partial charge in [-0.25, -0.2) is 17.6 Å². The molecule has 2 aromatic carbocycles. The maximum absolute atomic E-state index is 14.8. The van der Waals surface area contributed by atoms with Crippen LogP contribution in [0.5, 0.6) is 5.75 Å². The molecule has 0 spiro atoms. The van der Waals surface area contributed by atoms with Crippen LogP contribution < -0.4 is 4.74 Å². The minimum atomic E-state index is -2.74. The highest BCUT2D eigenvalue weighted by Gasteiger charge is 2.25. The highest BCUT2D eigenvalue weighted by Crippen LogP contribution is 2.38. The SMILES string of the molecule is C=C1C=CC(c2ccccc2)=C(c2c(F)cc(OCC(F)F)cc2F)N1C.CC. The van der Waals surface area contributed by atoms with Gasteiger partial charge in [0, 0.05) is 30.5 Å². The third-order valence-electron chi connectivity index (χ3n) is 4.18. The molecule has 154 valence electrons. The Balaban J connectivity index is 0.00000145. The number of allylic oxidation sites excluding steroid dienone is 3. The summed E-state index contributed by atoms with van der Waals surface area (Å²) in [4.78, 5) is 1.59. The van der Waals surface area contributed by atoms with Crippen LogP contribution in [0.4, 0.5) is 17.6 Å². The summed E-state index contributed by atoms with van der Waals surface area (Å²) in [5.74, 6) is -2.10. The van der Waals surface area contributed by atoms with E-state index in [1.54, 1.807) is 24.1 Å². The second kappa shape index (κ2) is 9.96. The predicted octanol–water partition coefficient (Wildman–Crippen LogP) is 6.52. The molecular formula is C23H23F4NO. The summed E-state index contributed by atoms with van der Waals surface area (Å²) in [5.41, 5.74) is 1.97. The molecule has 0 aliphatic carbocycles. The van der Waals surface area contributed by atoms with Gasteiger partial charge in [-0.2, -0.15) is 0 Å². The van der Waals surface area contributed by atoms with Gasteiger partial charge in [0.2, 0.25) is 0 Å². The average Bonchev–Trinajstić information content (AvgIpc) is 2.71. The lowest BCUT2D eigenvalue weighted by Gasteiger charge is -2.30. The molecule has 2 aromatic rings. The minimum absolute atomic E-state index is 0.272. The number of ether oxygens (including phenoxy) is 1. The highest BCUT2D eigenvalue weighted by molar-refractivity contribution is 5.97. The van der Waals surface area contributed by atoms with E-state index in [0.29, 0.717) is 17.0 Å². The number of hydrogen-bond donors (Lipinski definition) is 0. The number of hydrogen-bond acceptors (Lipinski definition) is 2. The molecule has 29 heavy (non-hydrogen) atoms. The quantitative estimate of drug-likeness (QED) is 0.525. The van der Waals surface area contributed by atoms with Crippen molar-refractivity contribution in [2.75, 3.05) is 13.7 Å². The van der Waals surface area contributed by atoms with E-state index in [1.807, 2.05) is 44.2 Å². The summed E-state index contributed by atoms with van der Waals surface area (Å²) in [6, 6.07) is 11.0. The zero-order chi connectivity index (χ0) is 21.6. The lowest BCUT2D eigenvalue weighted by atomic mass is 9.94. The van der Waals surface area contributed by atoms with Crippen LogP contribution in [0.3, 0.4) is 0 Å². The topological polar surface area (TPSA) is 12.5 Å². The minimum Gasteiger partial charge on any atom is -0.487 e. The monoisotopic (exact) mass is 405 g/mol. The fourth-order valence-electron chi connectivity index (χ4n) is 2.87. The van der Waals surface area contributed by atoms with Crippen LogP contribution in [0.25, 0.3) is 11.3 Å². The van der Waals surface area contributed by atoms with Crippen LogP contribution in [-0.4, -0.2) is 25.0 Å². The molecule has 6 heteroatoms. The van der Waals surface area contributed by atoms with Crippen molar-refractivity contribution in [3.63, 3.8) is 0 Å². The molecule has 3 rings (SSSR count). The van der Waals surface area contributed by atoms with Crippen LogP contribution in [0.15, 0.2) is 66.9 Å². The molecule has 0 amide bonds. The van der Waals surface area contributed by atoms with Gasteiger partial charge in [-0.3, -0.25) is 0 Å². The molecule has 1 aliphatic heterocycles. The molecule has 0 saturated carbocycles. The van der Waals surface area contributed by atoms with Crippen molar-refractivity contribution in [3.8, 4) is 5.75 Å². The van der Waals surface area contributed by atoms with Crippen LogP contribution in [0, 0.1) is 11.6 Å². The molecule has 0 bridgehead atoms. The molecular weight excluding hydrogens is 382 g/mol. The maximum atomic E-state index is 14.8. The Kier molecular flexibility index (Phi) is 7.65. The Labute approximate surface area is 168 Å². The van der Waals surface area contributed by atoms with Crippen LogP contribution in [-0.2, 0) is 0 Å². The Morgan fingerprint density at radius 3 is 2.14 bits per heavy atom. The Hall–Kier alpha value is -3.02. The third kappa shape index (κ3) is 5.08. The van der Waals surface area contributed by atoms with E-state index in [0.717, 1.165) is 17.7 Å². The van der Waals surface area contributed by atoms with Crippen molar-refractivity contribution >= 4 is 11.3 Å². The van der Waals surface area contributed by atoms with E-state index in [1.165, 1.54) is 0 Å². The van der Waals surface area contributed by atoms with E-state index >= 15 is 0 Å². The summed E-state index contributed by atoms with van der Waals surface area (Å²) in [6.07, 6.45) is 0.760. The molecule has 0 aromatic heterocycles. The number of benzene rings is 2. The zero-order valence-electron chi connectivity index (χ0n) is 16.6. The summed E-state index contributed by atoms with van der Waals surface area (Å²) in [5, 5.41) is 0. The van der Waals surface area contributed by atoms with Gasteiger partial charge < -0.3 is 9.64 Å². The van der Waals surface area contributed by atoms with Crippen LogP contribution >= 0.6 is 0 Å². The average molecular weight is 405 g/mol. The van der Waals surface area contributed by atoms with Crippen molar-refractivity contribution in [2.24, 2.45) is 0 Å². The van der Waals surface area contributed by atoms with E-state index < -0.39 is 24.7 Å². The van der Waals surface area contributed by atoms with Crippen molar-refractivity contribution in [2.45, 2.75) is 20.3 Å². The van der Waals surface area contributed by atoms with Gasteiger partial charge in [0.05, 0.1) is 11.3 Å². The largest absolute Gasteiger partial charge is 0.487 e. The van der Waals surface area contributed by atoms with Gasteiger partial charge in [-0.05, 0) is 11.6 Å². The first-order valence-corrected chi connectivity index (χ1v) is 9.19. The molecule has 1 aliphatic rings. The molecule has 0 fully saturated rings. The lowest BCUT2D eigenvalue weighted by Crippen LogP contribution is -2.20. The fraction of sp³-hybridized carbons (Fsp3) is 0.217. The Morgan fingerprint density at radius 1 is 1.00 bits per heavy atom. The van der Waals surface area contributed by atoms with Gasteiger partial charge in [-0.15, -0.1) is 0 Å². The van der Waals surface area contributed by atoms with E-state index in [4.69, 9.17) is 4.74 Å². The van der Waals surface area contributed by atoms with Gasteiger partial charge in [0.25, 0.3) is 6.43 Å². The molecule has 0 N–H and O–H groups in total. The normalized spacial score (nSPS) is 13.5. The molecule has 2 nitrogen and oxygen atoms in total. The van der Waals surface area contributed by atoms with Gasteiger partial charge in [-0.1, -0.05) is 56.8 Å². The third-order valence-corrected chi connectivity index (χ3v) is 4.18. The summed E-state index contributed by atoms with van der Waals surface area (Å²) < 4.78 is 58.9. The number of likely N-dealkylation sites (N-methyl/N-ethyl adjacent to an activating group) is 1. The first kappa shape index (κ1) is 22.3. The molecule has 0 saturated heterocycles. The van der Waals surface area contributed by atoms with E-state index in [9.17, 15) is 17.6 Å². The molecule has 0 unspecified atom stereocenters. The standard InChI is InChI=1S/C21H17F4NO.C2H6/c1-13-8-9-16(14-6-4-3-5-7-14)21(26(13)2)20-17(22)10-15(11-18(20)23)27-12-19(24)25;1-2/h3-11,19H,1,12H2,2H3;1-2H3. The van der Waals surface area contributed by atoms with Crippen molar-refractivity contribution in [1.29, 1.82) is 0 Å². The smallest absolute Gasteiger partial charge is 0.272 e. The zero-order valence-corrected chi connectivity index (χ0v) is 16.6. The van der Waals surface area contributed by atoms with Gasteiger partial charge in [0.1, 0.15) is 24.0 Å². The first-order chi connectivity index (χ1) is 13.9. The van der Waals surface area contributed by atoms with Crippen LogP contribution in [0.2, 0.25) is 0 Å². The summed E-state index contributed by atoms with van der Waals surface area (Å²) >= 11 is 0. The molecule has 0 radical (unpaired) electrons. The number of alkyl halides is 2. The first-order valence-electron chi connectivity index (χ1n) is 9.19. The summed E-state index contributed by atoms with van der Waals surface area (Å²) in [7, 11) is 1.66. The number of nitrogens with zero attached hydrogens (tertiary/aromatic N) is 1. The number of halogens is 4. The van der Waals surface area contributed by atoms with Crippen molar-refractivity contribution < 1.29 is 22.3 Å². The Bertz CT molecular complexity index is 897. The lowest BCUT2D eigenvalue weighted by molar-refractivity contribution is 0.0815.